The first-order chi connectivity index (χ1) is 11.8. The molecule has 24 heavy (non-hydrogen) atoms. The fourth-order valence-corrected chi connectivity index (χ4v) is 4.88. The molecule has 2 N–H and O–H groups in total. The van der Waals surface area contributed by atoms with Gasteiger partial charge in [-0.25, -0.2) is 0 Å². The second kappa shape index (κ2) is 11.9. The van der Waals surface area contributed by atoms with Crippen molar-refractivity contribution < 1.29 is 0 Å². The van der Waals surface area contributed by atoms with E-state index in [1.54, 1.807) is 0 Å². The van der Waals surface area contributed by atoms with E-state index in [1.807, 2.05) is 24.0 Å². The van der Waals surface area contributed by atoms with Crippen molar-refractivity contribution in [1.29, 1.82) is 0 Å². The molecule has 1 aliphatic heterocycles. The van der Waals surface area contributed by atoms with Crippen LogP contribution in [0.1, 0.15) is 89.2 Å². The summed E-state index contributed by atoms with van der Waals surface area (Å²) in [5.74, 6) is 1.28. The summed E-state index contributed by atoms with van der Waals surface area (Å²) in [6.07, 6.45) is 20.6. The maximum Gasteiger partial charge on any atom is 0.0620 e. The van der Waals surface area contributed by atoms with Crippen LogP contribution in [0.3, 0.4) is 0 Å². The quantitative estimate of drug-likeness (QED) is 0.438. The van der Waals surface area contributed by atoms with E-state index in [9.17, 15) is 0 Å². The van der Waals surface area contributed by atoms with Gasteiger partial charge in [-0.3, -0.25) is 4.98 Å². The van der Waals surface area contributed by atoms with E-state index in [0.717, 1.165) is 6.42 Å². The number of hydrogen-bond acceptors (Lipinski definition) is 3. The Bertz CT molecular complexity index is 415. The van der Waals surface area contributed by atoms with Gasteiger partial charge in [-0.05, 0) is 50.0 Å². The molecule has 136 valence electrons. The molecule has 1 aliphatic rings. The van der Waals surface area contributed by atoms with Gasteiger partial charge in [-0.15, -0.1) is 11.8 Å². The third-order valence-electron chi connectivity index (χ3n) is 5.14. The largest absolute Gasteiger partial charge is 0.317 e. The Hall–Kier alpha value is -0.540. The summed E-state index contributed by atoms with van der Waals surface area (Å²) >= 11 is 2.00. The Morgan fingerprint density at radius 1 is 0.917 bits per heavy atom. The van der Waals surface area contributed by atoms with Crippen LogP contribution < -0.4 is 5.73 Å². The Labute approximate surface area is 153 Å². The molecule has 0 bridgehead atoms. The number of unbranched alkanes of at least 4 members (excludes halogenated alkanes) is 9. The Morgan fingerprint density at radius 2 is 1.58 bits per heavy atom. The van der Waals surface area contributed by atoms with Crippen LogP contribution in [0.15, 0.2) is 24.4 Å². The molecule has 0 amide bonds. The van der Waals surface area contributed by atoms with Crippen LogP contribution in [-0.2, 0) is 6.42 Å². The first kappa shape index (κ1) is 19.8. The highest BCUT2D eigenvalue weighted by Gasteiger charge is 2.28. The summed E-state index contributed by atoms with van der Waals surface area (Å²) < 4.78 is 0. The molecule has 1 unspecified atom stereocenters. The zero-order valence-electron chi connectivity index (χ0n) is 15.3. The fourth-order valence-electron chi connectivity index (χ4n) is 3.61. The van der Waals surface area contributed by atoms with Crippen molar-refractivity contribution in [2.75, 3.05) is 5.75 Å². The Kier molecular flexibility index (Phi) is 9.82. The molecule has 2 rings (SSSR count). The van der Waals surface area contributed by atoms with Crippen molar-refractivity contribution in [1.82, 2.24) is 4.98 Å². The summed E-state index contributed by atoms with van der Waals surface area (Å²) in [5.41, 5.74) is 7.62. The van der Waals surface area contributed by atoms with Crippen molar-refractivity contribution in [3.8, 4) is 0 Å². The molecule has 3 heteroatoms. The molecule has 1 atom stereocenters. The van der Waals surface area contributed by atoms with E-state index in [0.29, 0.717) is 0 Å². The summed E-state index contributed by atoms with van der Waals surface area (Å²) in [7, 11) is 0. The van der Waals surface area contributed by atoms with Crippen LogP contribution in [0.5, 0.6) is 0 Å². The van der Waals surface area contributed by atoms with E-state index >= 15 is 0 Å². The fraction of sp³-hybridized carbons (Fsp3) is 0.762. The molecule has 2 nitrogen and oxygen atoms in total. The van der Waals surface area contributed by atoms with E-state index in [1.165, 1.54) is 94.9 Å². The van der Waals surface area contributed by atoms with Gasteiger partial charge in [0.1, 0.15) is 0 Å². The Morgan fingerprint density at radius 3 is 2.17 bits per heavy atom. The molecule has 0 radical (unpaired) electrons. The smallest absolute Gasteiger partial charge is 0.0620 e. The van der Waals surface area contributed by atoms with Gasteiger partial charge in [0.05, 0.1) is 4.87 Å². The monoisotopic (exact) mass is 348 g/mol. The van der Waals surface area contributed by atoms with Crippen LogP contribution >= 0.6 is 11.8 Å². The van der Waals surface area contributed by atoms with Crippen LogP contribution in [0, 0.1) is 0 Å². The second-order valence-corrected chi connectivity index (χ2v) is 8.88. The predicted octanol–water partition coefficient (Wildman–Crippen LogP) is 6.10. The number of nitrogens with two attached hydrogens (primary N) is 1. The lowest BCUT2D eigenvalue weighted by atomic mass is 10.0. The molecule has 1 aromatic rings. The van der Waals surface area contributed by atoms with Crippen LogP contribution in [0.25, 0.3) is 0 Å². The highest BCUT2D eigenvalue weighted by Crippen LogP contribution is 2.37. The number of pyridine rings is 1. The van der Waals surface area contributed by atoms with Gasteiger partial charge in [-0.1, -0.05) is 63.9 Å². The van der Waals surface area contributed by atoms with E-state index < -0.39 is 0 Å². The molecular weight excluding hydrogens is 312 g/mol. The first-order valence-electron chi connectivity index (χ1n) is 10.1. The Balaban J connectivity index is 1.31. The van der Waals surface area contributed by atoms with Crippen LogP contribution in [0.2, 0.25) is 0 Å². The highest BCUT2D eigenvalue weighted by atomic mass is 32.2. The number of aromatic nitrogens is 1. The summed E-state index contributed by atoms with van der Waals surface area (Å²) in [5, 5.41) is 0. The lowest BCUT2D eigenvalue weighted by molar-refractivity contribution is 0.485. The third-order valence-corrected chi connectivity index (χ3v) is 6.62. The average Bonchev–Trinajstić information content (AvgIpc) is 3.03. The third kappa shape index (κ3) is 8.53. The van der Waals surface area contributed by atoms with Crippen molar-refractivity contribution in [2.24, 2.45) is 5.73 Å². The molecule has 1 fully saturated rings. The zero-order valence-corrected chi connectivity index (χ0v) is 16.2. The minimum Gasteiger partial charge on any atom is -0.317 e. The topological polar surface area (TPSA) is 38.9 Å². The molecular formula is C21H36N2S. The molecule has 2 heterocycles. The number of nitrogens with zero attached hydrogens (tertiary/aromatic N) is 1. The first-order valence-corrected chi connectivity index (χ1v) is 11.1. The SMILES string of the molecule is NC1(CCCCCCCCCCCCc2ccccn2)CCCS1. The zero-order chi connectivity index (χ0) is 16.9. The number of hydrogen-bond donors (Lipinski definition) is 1. The maximum atomic E-state index is 6.38. The number of rotatable bonds is 13. The van der Waals surface area contributed by atoms with Crippen LogP contribution in [0.4, 0.5) is 0 Å². The minimum absolute atomic E-state index is 0.134. The lowest BCUT2D eigenvalue weighted by Crippen LogP contribution is -2.32. The van der Waals surface area contributed by atoms with Gasteiger partial charge < -0.3 is 5.73 Å². The molecule has 0 saturated carbocycles. The highest BCUT2D eigenvalue weighted by molar-refractivity contribution is 8.00. The number of aryl methyl sites for hydroxylation is 1. The van der Waals surface area contributed by atoms with Crippen molar-refractivity contribution >= 4 is 11.8 Å². The molecule has 1 aromatic heterocycles. The van der Waals surface area contributed by atoms with E-state index in [-0.39, 0.29) is 4.87 Å². The van der Waals surface area contributed by atoms with Gasteiger partial charge in [0.2, 0.25) is 0 Å². The van der Waals surface area contributed by atoms with Crippen molar-refractivity contribution in [3.63, 3.8) is 0 Å². The summed E-state index contributed by atoms with van der Waals surface area (Å²) in [4.78, 5) is 4.52. The van der Waals surface area contributed by atoms with E-state index in [2.05, 4.69) is 17.1 Å². The van der Waals surface area contributed by atoms with Crippen molar-refractivity contribution in [2.45, 2.75) is 94.8 Å². The second-order valence-electron chi connectivity index (χ2n) is 7.37. The van der Waals surface area contributed by atoms with Gasteiger partial charge in [-0.2, -0.15) is 0 Å². The summed E-state index contributed by atoms with van der Waals surface area (Å²) in [6.45, 7) is 0. The normalized spacial score (nSPS) is 20.5. The van der Waals surface area contributed by atoms with E-state index in [4.69, 9.17) is 5.73 Å². The molecule has 0 spiro atoms. The van der Waals surface area contributed by atoms with Crippen molar-refractivity contribution in [3.05, 3.63) is 30.1 Å². The maximum absolute atomic E-state index is 6.38. The average molecular weight is 349 g/mol. The molecule has 0 aromatic carbocycles. The van der Waals surface area contributed by atoms with Crippen LogP contribution in [-0.4, -0.2) is 15.6 Å². The summed E-state index contributed by atoms with van der Waals surface area (Å²) in [6, 6.07) is 6.21. The predicted molar refractivity (Wildman–Crippen MR) is 107 cm³/mol. The van der Waals surface area contributed by atoms with Gasteiger partial charge in [0.25, 0.3) is 0 Å². The molecule has 1 saturated heterocycles. The number of thioether (sulfide) groups is 1. The van der Waals surface area contributed by atoms with Gasteiger partial charge in [0, 0.05) is 11.9 Å². The lowest BCUT2D eigenvalue weighted by Gasteiger charge is -2.22. The minimum atomic E-state index is 0.134. The van der Waals surface area contributed by atoms with Gasteiger partial charge in [0.15, 0.2) is 0 Å². The molecule has 0 aliphatic carbocycles. The van der Waals surface area contributed by atoms with Gasteiger partial charge >= 0.3 is 0 Å². The standard InChI is InChI=1S/C21H36N2S/c22-21(17-13-19-24-21)16-11-8-6-4-2-1-3-5-7-9-14-20-15-10-12-18-23-20/h10,12,15,18H,1-9,11,13-14,16-17,19,22H2.